The minimum atomic E-state index is -0.109. The summed E-state index contributed by atoms with van der Waals surface area (Å²) < 4.78 is 0. The third kappa shape index (κ3) is 1.55. The van der Waals surface area contributed by atoms with Gasteiger partial charge < -0.3 is 0 Å². The molecule has 4 unspecified atom stereocenters. The molecule has 1 aliphatic heterocycles. The van der Waals surface area contributed by atoms with Gasteiger partial charge in [-0.05, 0) is 50.9 Å². The van der Waals surface area contributed by atoms with Crippen LogP contribution in [0.5, 0.6) is 0 Å². The smallest absolute Gasteiger partial charge is 0.256 e. The van der Waals surface area contributed by atoms with E-state index in [2.05, 4.69) is 0 Å². The second-order valence-electron chi connectivity index (χ2n) is 5.92. The topological polar surface area (TPSA) is 37.4 Å². The molecule has 0 aromatic rings. The van der Waals surface area contributed by atoms with E-state index in [1.807, 2.05) is 6.92 Å². The van der Waals surface area contributed by atoms with Gasteiger partial charge >= 0.3 is 0 Å². The summed E-state index contributed by atoms with van der Waals surface area (Å²) in [6.45, 7) is 3.78. The van der Waals surface area contributed by atoms with Crippen molar-refractivity contribution in [2.24, 2.45) is 17.8 Å². The van der Waals surface area contributed by atoms with Crippen LogP contribution in [0, 0.1) is 17.8 Å². The van der Waals surface area contributed by atoms with Crippen LogP contribution in [0.2, 0.25) is 0 Å². The van der Waals surface area contributed by atoms with Crippen LogP contribution in [0.1, 0.15) is 39.5 Å². The number of nitrogens with zero attached hydrogens (tertiary/aromatic N) is 1. The van der Waals surface area contributed by atoms with Gasteiger partial charge in [0.05, 0.1) is 0 Å². The number of fused-ring (bicyclic) bond motifs is 2. The summed E-state index contributed by atoms with van der Waals surface area (Å²) in [5, 5.41) is 0. The van der Waals surface area contributed by atoms with Crippen LogP contribution in [-0.2, 0) is 9.59 Å². The van der Waals surface area contributed by atoms with Gasteiger partial charge in [-0.2, -0.15) is 0 Å². The number of carbonyl (C=O) groups excluding carboxylic acids is 2. The summed E-state index contributed by atoms with van der Waals surface area (Å²) in [4.78, 5) is 25.3. The van der Waals surface area contributed by atoms with E-state index in [1.54, 1.807) is 6.92 Å². The molecule has 0 N–H and O–H groups in total. The predicted molar refractivity (Wildman–Crippen MR) is 64.0 cm³/mol. The van der Waals surface area contributed by atoms with E-state index in [0.29, 0.717) is 11.5 Å². The highest BCUT2D eigenvalue weighted by molar-refractivity contribution is 6.16. The van der Waals surface area contributed by atoms with Gasteiger partial charge in [-0.1, -0.05) is 6.42 Å². The Morgan fingerprint density at radius 1 is 1.29 bits per heavy atom. The first kappa shape index (κ1) is 11.0. The molecule has 0 saturated heterocycles. The first-order chi connectivity index (χ1) is 8.08. The van der Waals surface area contributed by atoms with Crippen LogP contribution in [0.15, 0.2) is 11.6 Å². The number of hydrogen-bond donors (Lipinski definition) is 0. The van der Waals surface area contributed by atoms with Crippen LogP contribution in [0.25, 0.3) is 0 Å². The first-order valence-corrected chi connectivity index (χ1v) is 6.63. The average molecular weight is 233 g/mol. The number of rotatable bonds is 2. The van der Waals surface area contributed by atoms with Crippen LogP contribution in [0.3, 0.4) is 0 Å². The van der Waals surface area contributed by atoms with Gasteiger partial charge in [0.2, 0.25) is 0 Å². The highest BCUT2D eigenvalue weighted by atomic mass is 16.2. The van der Waals surface area contributed by atoms with Crippen molar-refractivity contribution >= 4 is 11.8 Å². The van der Waals surface area contributed by atoms with Gasteiger partial charge in [0, 0.05) is 17.7 Å². The van der Waals surface area contributed by atoms with E-state index in [-0.39, 0.29) is 17.9 Å². The van der Waals surface area contributed by atoms with Crippen molar-refractivity contribution in [3.05, 3.63) is 11.6 Å². The Balaban J connectivity index is 1.77. The van der Waals surface area contributed by atoms with Crippen molar-refractivity contribution in [2.45, 2.75) is 45.6 Å². The van der Waals surface area contributed by atoms with Gasteiger partial charge in [-0.15, -0.1) is 0 Å². The standard InChI is InChI=1S/C14H19NO2/c1-8-5-13(16)15(14(8)17)9(2)12-7-10-3-4-11(12)6-10/h5,9-12H,3-4,6-7H2,1-2H3. The molecule has 3 nitrogen and oxygen atoms in total. The summed E-state index contributed by atoms with van der Waals surface area (Å²) in [5.74, 6) is 1.96. The highest BCUT2D eigenvalue weighted by Crippen LogP contribution is 2.50. The first-order valence-electron chi connectivity index (χ1n) is 6.63. The molecule has 2 saturated carbocycles. The minimum Gasteiger partial charge on any atom is -0.272 e. The lowest BCUT2D eigenvalue weighted by atomic mass is 9.83. The van der Waals surface area contributed by atoms with Crippen molar-refractivity contribution in [1.82, 2.24) is 4.90 Å². The molecule has 2 bridgehead atoms. The molecule has 3 aliphatic rings. The minimum absolute atomic E-state index is 0.0785. The Morgan fingerprint density at radius 2 is 2.06 bits per heavy atom. The predicted octanol–water partition coefficient (Wildman–Crippen LogP) is 2.13. The van der Waals surface area contributed by atoms with E-state index >= 15 is 0 Å². The SMILES string of the molecule is CC1=CC(=O)N(C(C)C2CC3CCC2C3)C1=O. The number of hydrogen-bond acceptors (Lipinski definition) is 2. The molecule has 0 aromatic carbocycles. The largest absolute Gasteiger partial charge is 0.272 e. The Kier molecular flexibility index (Phi) is 2.39. The van der Waals surface area contributed by atoms with Gasteiger partial charge in [-0.25, -0.2) is 0 Å². The normalized spacial score (nSPS) is 37.9. The average Bonchev–Trinajstić information content (AvgIpc) is 2.94. The Morgan fingerprint density at radius 3 is 2.53 bits per heavy atom. The van der Waals surface area contributed by atoms with Crippen molar-refractivity contribution in [2.75, 3.05) is 0 Å². The second-order valence-corrected chi connectivity index (χ2v) is 5.92. The fourth-order valence-electron chi connectivity index (χ4n) is 4.07. The van der Waals surface area contributed by atoms with E-state index in [9.17, 15) is 9.59 Å². The Hall–Kier alpha value is -1.12. The van der Waals surface area contributed by atoms with Crippen molar-refractivity contribution in [3.8, 4) is 0 Å². The van der Waals surface area contributed by atoms with E-state index in [0.717, 1.165) is 11.8 Å². The lowest BCUT2D eigenvalue weighted by Crippen LogP contribution is -2.44. The molecule has 92 valence electrons. The quantitative estimate of drug-likeness (QED) is 0.685. The summed E-state index contributed by atoms with van der Waals surface area (Å²) in [6.07, 6.45) is 6.65. The summed E-state index contributed by atoms with van der Waals surface area (Å²) in [6, 6.07) is 0.0824. The van der Waals surface area contributed by atoms with Crippen molar-refractivity contribution in [3.63, 3.8) is 0 Å². The summed E-state index contributed by atoms with van der Waals surface area (Å²) in [5.41, 5.74) is 0.588. The van der Waals surface area contributed by atoms with Crippen LogP contribution in [-0.4, -0.2) is 22.8 Å². The molecule has 3 rings (SSSR count). The maximum atomic E-state index is 12.0. The van der Waals surface area contributed by atoms with Crippen LogP contribution in [0.4, 0.5) is 0 Å². The fraction of sp³-hybridized carbons (Fsp3) is 0.714. The molecular weight excluding hydrogens is 214 g/mol. The number of amides is 2. The molecule has 0 spiro atoms. The van der Waals surface area contributed by atoms with E-state index in [1.165, 1.54) is 36.7 Å². The zero-order valence-electron chi connectivity index (χ0n) is 10.5. The summed E-state index contributed by atoms with van der Waals surface area (Å²) in [7, 11) is 0. The van der Waals surface area contributed by atoms with Crippen molar-refractivity contribution in [1.29, 1.82) is 0 Å². The Labute approximate surface area is 102 Å². The molecule has 0 radical (unpaired) electrons. The molecule has 2 fully saturated rings. The lowest BCUT2D eigenvalue weighted by Gasteiger charge is -2.33. The van der Waals surface area contributed by atoms with Crippen LogP contribution >= 0.6 is 0 Å². The monoisotopic (exact) mass is 233 g/mol. The van der Waals surface area contributed by atoms with Crippen molar-refractivity contribution < 1.29 is 9.59 Å². The van der Waals surface area contributed by atoms with E-state index in [4.69, 9.17) is 0 Å². The van der Waals surface area contributed by atoms with E-state index < -0.39 is 0 Å². The molecular formula is C14H19NO2. The molecule has 0 aromatic heterocycles. The molecule has 4 atom stereocenters. The maximum absolute atomic E-state index is 12.0. The summed E-state index contributed by atoms with van der Waals surface area (Å²) >= 11 is 0. The fourth-order valence-corrected chi connectivity index (χ4v) is 4.07. The zero-order valence-corrected chi connectivity index (χ0v) is 10.5. The maximum Gasteiger partial charge on any atom is 0.256 e. The molecule has 1 heterocycles. The zero-order chi connectivity index (χ0) is 12.2. The Bertz CT molecular complexity index is 412. The highest BCUT2D eigenvalue weighted by Gasteiger charge is 2.46. The van der Waals surface area contributed by atoms with Gasteiger partial charge in [0.1, 0.15) is 0 Å². The second kappa shape index (κ2) is 3.69. The van der Waals surface area contributed by atoms with Gasteiger partial charge in [-0.3, -0.25) is 14.5 Å². The third-order valence-electron chi connectivity index (χ3n) is 4.95. The number of imide groups is 1. The van der Waals surface area contributed by atoms with Crippen LogP contribution < -0.4 is 0 Å². The van der Waals surface area contributed by atoms with Gasteiger partial charge in [0.15, 0.2) is 0 Å². The third-order valence-corrected chi connectivity index (χ3v) is 4.95. The molecule has 2 amide bonds. The van der Waals surface area contributed by atoms with Gasteiger partial charge in [0.25, 0.3) is 11.8 Å². The molecule has 3 heteroatoms. The molecule has 2 aliphatic carbocycles. The molecule has 17 heavy (non-hydrogen) atoms. The lowest BCUT2D eigenvalue weighted by molar-refractivity contribution is -0.141. The number of carbonyl (C=O) groups is 2.